The quantitative estimate of drug-likeness (QED) is 0.801. The molecule has 2 aliphatic rings. The molecule has 142 valence electrons. The monoisotopic (exact) mass is 377 g/mol. The van der Waals surface area contributed by atoms with Crippen LogP contribution in [-0.2, 0) is 9.59 Å². The maximum Gasteiger partial charge on any atom is 0.242 e. The summed E-state index contributed by atoms with van der Waals surface area (Å²) in [4.78, 5) is 26.6. The van der Waals surface area contributed by atoms with Gasteiger partial charge in [-0.15, -0.1) is 0 Å². The van der Waals surface area contributed by atoms with Gasteiger partial charge in [0.1, 0.15) is 0 Å². The van der Waals surface area contributed by atoms with Gasteiger partial charge in [-0.2, -0.15) is 0 Å². The summed E-state index contributed by atoms with van der Waals surface area (Å²) in [5.74, 6) is 0.641. The predicted molar refractivity (Wildman–Crippen MR) is 103 cm³/mol. The Labute approximate surface area is 160 Å². The molecular weight excluding hydrogens is 350 g/mol. The van der Waals surface area contributed by atoms with Gasteiger partial charge in [-0.05, 0) is 30.0 Å². The molecule has 6 heteroatoms. The van der Waals surface area contributed by atoms with Crippen molar-refractivity contribution in [1.82, 2.24) is 15.5 Å². The summed E-state index contributed by atoms with van der Waals surface area (Å²) < 4.78 is 0. The molecule has 1 aliphatic heterocycles. The average molecular weight is 378 g/mol. The number of carbonyl (C=O) groups is 2. The van der Waals surface area contributed by atoms with Crippen LogP contribution < -0.4 is 10.6 Å². The van der Waals surface area contributed by atoms with E-state index in [1.165, 1.54) is 25.7 Å². The fourth-order valence-electron chi connectivity index (χ4n) is 4.01. The molecule has 1 atom stereocenters. The summed E-state index contributed by atoms with van der Waals surface area (Å²) in [5.41, 5.74) is 1.02. The Morgan fingerprint density at radius 3 is 2.85 bits per heavy atom. The van der Waals surface area contributed by atoms with Gasteiger partial charge >= 0.3 is 0 Å². The molecule has 2 fully saturated rings. The van der Waals surface area contributed by atoms with Gasteiger partial charge in [-0.1, -0.05) is 49.4 Å². The van der Waals surface area contributed by atoms with Gasteiger partial charge in [0.05, 0.1) is 12.6 Å². The Hall–Kier alpha value is -1.59. The first-order chi connectivity index (χ1) is 12.6. The van der Waals surface area contributed by atoms with E-state index in [-0.39, 0.29) is 24.4 Å². The summed E-state index contributed by atoms with van der Waals surface area (Å²) >= 11 is 6.10. The van der Waals surface area contributed by atoms with E-state index in [9.17, 15) is 9.59 Å². The van der Waals surface area contributed by atoms with Gasteiger partial charge in [-0.3, -0.25) is 9.59 Å². The number of halogens is 1. The van der Waals surface area contributed by atoms with E-state index < -0.39 is 0 Å². The van der Waals surface area contributed by atoms with Crippen LogP contribution in [0.4, 0.5) is 0 Å². The predicted octanol–water partition coefficient (Wildman–Crippen LogP) is 2.90. The Bertz CT molecular complexity index is 631. The van der Waals surface area contributed by atoms with Crippen molar-refractivity contribution in [3.05, 3.63) is 34.9 Å². The van der Waals surface area contributed by atoms with E-state index in [1.807, 2.05) is 29.2 Å². The Morgan fingerprint density at radius 1 is 1.27 bits per heavy atom. The molecule has 5 nitrogen and oxygen atoms in total. The average Bonchev–Trinajstić information content (AvgIpc) is 3.18. The SMILES string of the molecule is O=C(CCC1CCCC1)NCC(=O)N1CCNCC1c1cccc(Cl)c1. The van der Waals surface area contributed by atoms with E-state index in [0.29, 0.717) is 30.5 Å². The lowest BCUT2D eigenvalue weighted by Gasteiger charge is -2.36. The zero-order valence-corrected chi connectivity index (χ0v) is 15.9. The van der Waals surface area contributed by atoms with E-state index >= 15 is 0 Å². The fraction of sp³-hybridized carbons (Fsp3) is 0.600. The highest BCUT2D eigenvalue weighted by Gasteiger charge is 2.28. The molecule has 1 saturated carbocycles. The molecule has 0 bridgehead atoms. The second-order valence-electron chi connectivity index (χ2n) is 7.33. The fourth-order valence-corrected chi connectivity index (χ4v) is 4.21. The highest BCUT2D eigenvalue weighted by molar-refractivity contribution is 6.30. The van der Waals surface area contributed by atoms with Crippen LogP contribution in [-0.4, -0.2) is 42.9 Å². The minimum absolute atomic E-state index is 0.0142. The molecule has 1 aliphatic carbocycles. The third-order valence-corrected chi connectivity index (χ3v) is 5.72. The molecule has 1 aromatic carbocycles. The number of carbonyl (C=O) groups excluding carboxylic acids is 2. The highest BCUT2D eigenvalue weighted by atomic mass is 35.5. The maximum atomic E-state index is 12.7. The van der Waals surface area contributed by atoms with Crippen molar-refractivity contribution in [3.8, 4) is 0 Å². The van der Waals surface area contributed by atoms with E-state index in [0.717, 1.165) is 18.5 Å². The molecule has 2 N–H and O–H groups in total. The molecule has 0 radical (unpaired) electrons. The van der Waals surface area contributed by atoms with Gasteiger partial charge in [0.25, 0.3) is 0 Å². The normalized spacial score (nSPS) is 21.0. The molecule has 1 saturated heterocycles. The highest BCUT2D eigenvalue weighted by Crippen LogP contribution is 2.28. The van der Waals surface area contributed by atoms with Gasteiger partial charge in [0, 0.05) is 31.1 Å². The number of amides is 2. The lowest BCUT2D eigenvalue weighted by molar-refractivity contribution is -0.135. The van der Waals surface area contributed by atoms with Crippen molar-refractivity contribution in [2.24, 2.45) is 5.92 Å². The van der Waals surface area contributed by atoms with E-state index in [1.54, 1.807) is 0 Å². The number of nitrogens with zero attached hydrogens (tertiary/aromatic N) is 1. The molecule has 0 spiro atoms. The summed E-state index contributed by atoms with van der Waals surface area (Å²) in [5, 5.41) is 6.81. The van der Waals surface area contributed by atoms with Crippen LogP contribution in [0.3, 0.4) is 0 Å². The van der Waals surface area contributed by atoms with Gasteiger partial charge < -0.3 is 15.5 Å². The van der Waals surface area contributed by atoms with Gasteiger partial charge in [-0.25, -0.2) is 0 Å². The first-order valence-corrected chi connectivity index (χ1v) is 10.0. The van der Waals surface area contributed by atoms with Crippen LogP contribution in [0, 0.1) is 5.92 Å². The molecule has 1 heterocycles. The largest absolute Gasteiger partial charge is 0.347 e. The zero-order valence-electron chi connectivity index (χ0n) is 15.2. The van der Waals surface area contributed by atoms with Crippen molar-refractivity contribution in [3.63, 3.8) is 0 Å². The maximum absolute atomic E-state index is 12.7. The molecule has 26 heavy (non-hydrogen) atoms. The van der Waals surface area contributed by atoms with Crippen LogP contribution in [0.2, 0.25) is 5.02 Å². The minimum Gasteiger partial charge on any atom is -0.347 e. The van der Waals surface area contributed by atoms with Gasteiger partial charge in [0.15, 0.2) is 0 Å². The first-order valence-electron chi connectivity index (χ1n) is 9.66. The Balaban J connectivity index is 1.50. The molecule has 2 amide bonds. The number of hydrogen-bond acceptors (Lipinski definition) is 3. The van der Waals surface area contributed by atoms with Crippen molar-refractivity contribution in [2.75, 3.05) is 26.2 Å². The van der Waals surface area contributed by atoms with Crippen LogP contribution in [0.1, 0.15) is 50.1 Å². The number of rotatable bonds is 6. The van der Waals surface area contributed by atoms with Crippen LogP contribution in [0.15, 0.2) is 24.3 Å². The minimum atomic E-state index is -0.0506. The van der Waals surface area contributed by atoms with E-state index in [2.05, 4.69) is 10.6 Å². The summed E-state index contributed by atoms with van der Waals surface area (Å²) in [6.07, 6.45) is 6.54. The Kier molecular flexibility index (Phi) is 6.92. The second kappa shape index (κ2) is 9.38. The standard InChI is InChI=1S/C20H28ClN3O2/c21-17-7-3-6-16(12-17)18-13-22-10-11-24(18)20(26)14-23-19(25)9-8-15-4-1-2-5-15/h3,6-7,12,15,18,22H,1-2,4-5,8-11,13-14H2,(H,23,25). The Morgan fingerprint density at radius 2 is 2.08 bits per heavy atom. The summed E-state index contributed by atoms with van der Waals surface area (Å²) in [7, 11) is 0. The smallest absolute Gasteiger partial charge is 0.242 e. The number of nitrogens with one attached hydrogen (secondary N) is 2. The number of hydrogen-bond donors (Lipinski definition) is 2. The number of benzene rings is 1. The molecular formula is C20H28ClN3O2. The molecule has 3 rings (SSSR count). The summed E-state index contributed by atoms with van der Waals surface area (Å²) in [6, 6.07) is 7.58. The lowest BCUT2D eigenvalue weighted by Crippen LogP contribution is -2.51. The van der Waals surface area contributed by atoms with Crippen LogP contribution in [0.5, 0.6) is 0 Å². The van der Waals surface area contributed by atoms with E-state index in [4.69, 9.17) is 11.6 Å². The van der Waals surface area contributed by atoms with Crippen molar-refractivity contribution >= 4 is 23.4 Å². The second-order valence-corrected chi connectivity index (χ2v) is 7.76. The molecule has 1 unspecified atom stereocenters. The van der Waals surface area contributed by atoms with Crippen LogP contribution in [0.25, 0.3) is 0 Å². The number of piperazine rings is 1. The van der Waals surface area contributed by atoms with Crippen molar-refractivity contribution < 1.29 is 9.59 Å². The van der Waals surface area contributed by atoms with Crippen molar-refractivity contribution in [1.29, 1.82) is 0 Å². The molecule has 0 aromatic heterocycles. The van der Waals surface area contributed by atoms with Crippen LogP contribution >= 0.6 is 11.6 Å². The summed E-state index contributed by atoms with van der Waals surface area (Å²) in [6.45, 7) is 2.16. The zero-order chi connectivity index (χ0) is 18.4. The lowest BCUT2D eigenvalue weighted by atomic mass is 10.0. The third-order valence-electron chi connectivity index (χ3n) is 5.49. The van der Waals surface area contributed by atoms with Gasteiger partial charge in [0.2, 0.25) is 11.8 Å². The topological polar surface area (TPSA) is 61.4 Å². The van der Waals surface area contributed by atoms with Crippen molar-refractivity contribution in [2.45, 2.75) is 44.6 Å². The third kappa shape index (κ3) is 5.21. The first kappa shape index (κ1) is 19.2. The molecule has 1 aromatic rings.